The summed E-state index contributed by atoms with van der Waals surface area (Å²) in [7, 11) is 2.11. The van der Waals surface area contributed by atoms with Crippen LogP contribution in [0.1, 0.15) is 12.8 Å². The van der Waals surface area contributed by atoms with E-state index in [9.17, 15) is 4.79 Å². The molecular formula is C18H22N2O2. The monoisotopic (exact) mass is 298 g/mol. The van der Waals surface area contributed by atoms with Gasteiger partial charge in [-0.2, -0.15) is 0 Å². The molecule has 1 saturated heterocycles. The van der Waals surface area contributed by atoms with Crippen LogP contribution >= 0.6 is 0 Å². The average molecular weight is 298 g/mol. The second-order valence-electron chi connectivity index (χ2n) is 5.91. The lowest BCUT2D eigenvalue weighted by atomic mass is 10.1. The van der Waals surface area contributed by atoms with E-state index in [4.69, 9.17) is 4.74 Å². The zero-order valence-corrected chi connectivity index (χ0v) is 12.9. The van der Waals surface area contributed by atoms with Crippen molar-refractivity contribution in [2.75, 3.05) is 26.7 Å². The van der Waals surface area contributed by atoms with Crippen molar-refractivity contribution in [1.29, 1.82) is 0 Å². The molecule has 0 radical (unpaired) electrons. The molecule has 1 N–H and O–H groups in total. The zero-order chi connectivity index (χ0) is 15.4. The number of amides is 1. The predicted molar refractivity (Wildman–Crippen MR) is 88.1 cm³/mol. The number of ether oxygens (including phenoxy) is 1. The molecule has 0 bridgehead atoms. The molecule has 0 saturated carbocycles. The van der Waals surface area contributed by atoms with Crippen LogP contribution in [0, 0.1) is 0 Å². The Kier molecular flexibility index (Phi) is 4.59. The van der Waals surface area contributed by atoms with E-state index < -0.39 is 0 Å². The molecule has 0 unspecified atom stereocenters. The van der Waals surface area contributed by atoms with Crippen LogP contribution in [0.15, 0.2) is 42.5 Å². The maximum Gasteiger partial charge on any atom is 0.258 e. The van der Waals surface area contributed by atoms with Gasteiger partial charge in [-0.05, 0) is 44.4 Å². The first-order valence-corrected chi connectivity index (χ1v) is 7.81. The molecule has 1 aliphatic heterocycles. The van der Waals surface area contributed by atoms with E-state index >= 15 is 0 Å². The Morgan fingerprint density at radius 3 is 2.73 bits per heavy atom. The molecule has 1 heterocycles. The number of hydrogen-bond donors (Lipinski definition) is 1. The topological polar surface area (TPSA) is 41.6 Å². The summed E-state index contributed by atoms with van der Waals surface area (Å²) in [5, 5.41) is 5.23. The van der Waals surface area contributed by atoms with Crippen molar-refractivity contribution < 1.29 is 9.53 Å². The van der Waals surface area contributed by atoms with Gasteiger partial charge in [0, 0.05) is 11.4 Å². The van der Waals surface area contributed by atoms with Gasteiger partial charge in [0.25, 0.3) is 5.91 Å². The normalized spacial score (nSPS) is 16.6. The number of rotatable bonds is 4. The van der Waals surface area contributed by atoms with Gasteiger partial charge in [0.05, 0.1) is 0 Å². The highest BCUT2D eigenvalue weighted by Gasteiger charge is 2.18. The number of nitrogens with zero attached hydrogens (tertiary/aromatic N) is 1. The van der Waals surface area contributed by atoms with Gasteiger partial charge in [-0.25, -0.2) is 0 Å². The summed E-state index contributed by atoms with van der Waals surface area (Å²) < 4.78 is 5.72. The van der Waals surface area contributed by atoms with Gasteiger partial charge in [-0.15, -0.1) is 0 Å². The number of carbonyl (C=O) groups excluding carboxylic acids is 1. The maximum absolute atomic E-state index is 12.1. The summed E-state index contributed by atoms with van der Waals surface area (Å²) in [5.74, 6) is 0.721. The summed E-state index contributed by atoms with van der Waals surface area (Å²) >= 11 is 0. The van der Waals surface area contributed by atoms with Crippen LogP contribution in [-0.4, -0.2) is 43.6 Å². The van der Waals surface area contributed by atoms with Crippen molar-refractivity contribution in [2.45, 2.75) is 18.9 Å². The molecule has 4 nitrogen and oxygen atoms in total. The van der Waals surface area contributed by atoms with E-state index in [1.165, 1.54) is 0 Å². The van der Waals surface area contributed by atoms with E-state index in [1.807, 2.05) is 42.5 Å². The molecule has 2 aromatic carbocycles. The van der Waals surface area contributed by atoms with E-state index in [0.29, 0.717) is 0 Å². The minimum atomic E-state index is -0.0394. The zero-order valence-electron chi connectivity index (χ0n) is 12.9. The van der Waals surface area contributed by atoms with Crippen molar-refractivity contribution in [3.8, 4) is 5.75 Å². The summed E-state index contributed by atoms with van der Waals surface area (Å²) in [6.07, 6.45) is 2.02. The smallest absolute Gasteiger partial charge is 0.258 e. The Morgan fingerprint density at radius 2 is 1.91 bits per heavy atom. The molecule has 116 valence electrons. The van der Waals surface area contributed by atoms with Crippen LogP contribution in [0.3, 0.4) is 0 Å². The third-order valence-corrected chi connectivity index (χ3v) is 4.19. The van der Waals surface area contributed by atoms with E-state index in [2.05, 4.69) is 17.3 Å². The molecule has 1 amide bonds. The Balaban J connectivity index is 1.56. The Labute approximate surface area is 131 Å². The highest BCUT2D eigenvalue weighted by molar-refractivity contribution is 5.88. The number of carbonyl (C=O) groups is 1. The highest BCUT2D eigenvalue weighted by atomic mass is 16.5. The lowest BCUT2D eigenvalue weighted by Gasteiger charge is -2.29. The lowest BCUT2D eigenvalue weighted by Crippen LogP contribution is -2.44. The number of nitrogens with one attached hydrogen (secondary N) is 1. The van der Waals surface area contributed by atoms with Crippen LogP contribution in [0.4, 0.5) is 0 Å². The molecule has 1 fully saturated rings. The van der Waals surface area contributed by atoms with Gasteiger partial charge in [-0.3, -0.25) is 4.79 Å². The fourth-order valence-corrected chi connectivity index (χ4v) is 2.89. The first-order chi connectivity index (χ1) is 10.7. The molecule has 4 heteroatoms. The van der Waals surface area contributed by atoms with E-state index in [-0.39, 0.29) is 18.6 Å². The summed E-state index contributed by atoms with van der Waals surface area (Å²) in [4.78, 5) is 14.3. The van der Waals surface area contributed by atoms with Gasteiger partial charge in [-0.1, -0.05) is 36.4 Å². The lowest BCUT2D eigenvalue weighted by molar-refractivity contribution is -0.124. The Hall–Kier alpha value is -2.07. The van der Waals surface area contributed by atoms with Crippen LogP contribution < -0.4 is 10.1 Å². The molecule has 2 aromatic rings. The van der Waals surface area contributed by atoms with E-state index in [0.717, 1.165) is 42.5 Å². The first-order valence-electron chi connectivity index (χ1n) is 7.81. The second kappa shape index (κ2) is 6.79. The number of hydrogen-bond acceptors (Lipinski definition) is 3. The number of benzene rings is 2. The van der Waals surface area contributed by atoms with Gasteiger partial charge < -0.3 is 15.0 Å². The van der Waals surface area contributed by atoms with Crippen LogP contribution in [-0.2, 0) is 4.79 Å². The maximum atomic E-state index is 12.1. The third kappa shape index (κ3) is 3.57. The fourth-order valence-electron chi connectivity index (χ4n) is 2.89. The van der Waals surface area contributed by atoms with Gasteiger partial charge in [0.2, 0.25) is 0 Å². The number of piperidine rings is 1. The predicted octanol–water partition coefficient (Wildman–Crippen LogP) is 2.43. The molecule has 0 aromatic heterocycles. The molecular weight excluding hydrogens is 276 g/mol. The number of likely N-dealkylation sites (tertiary alicyclic amines) is 1. The largest absolute Gasteiger partial charge is 0.483 e. The van der Waals surface area contributed by atoms with Crippen molar-refractivity contribution in [2.24, 2.45) is 0 Å². The first kappa shape index (κ1) is 14.9. The SMILES string of the molecule is CN1CCC(NC(=O)COc2cccc3ccccc23)CC1. The third-order valence-electron chi connectivity index (χ3n) is 4.19. The average Bonchev–Trinajstić information content (AvgIpc) is 2.55. The van der Waals surface area contributed by atoms with Crippen molar-refractivity contribution in [3.05, 3.63) is 42.5 Å². The Morgan fingerprint density at radius 1 is 1.18 bits per heavy atom. The van der Waals surface area contributed by atoms with Gasteiger partial charge >= 0.3 is 0 Å². The summed E-state index contributed by atoms with van der Waals surface area (Å²) in [5.41, 5.74) is 0. The quantitative estimate of drug-likeness (QED) is 0.942. The van der Waals surface area contributed by atoms with E-state index in [1.54, 1.807) is 0 Å². The number of fused-ring (bicyclic) bond motifs is 1. The molecule has 22 heavy (non-hydrogen) atoms. The van der Waals surface area contributed by atoms with Crippen molar-refractivity contribution in [1.82, 2.24) is 10.2 Å². The van der Waals surface area contributed by atoms with Crippen LogP contribution in [0.25, 0.3) is 10.8 Å². The minimum absolute atomic E-state index is 0.0394. The van der Waals surface area contributed by atoms with Crippen LogP contribution in [0.2, 0.25) is 0 Å². The standard InChI is InChI=1S/C18H22N2O2/c1-20-11-9-15(10-12-20)19-18(21)13-22-17-8-4-6-14-5-2-3-7-16(14)17/h2-8,15H,9-13H2,1H3,(H,19,21). The minimum Gasteiger partial charge on any atom is -0.483 e. The fraction of sp³-hybridized carbons (Fsp3) is 0.389. The summed E-state index contributed by atoms with van der Waals surface area (Å²) in [6.45, 7) is 2.14. The second-order valence-corrected chi connectivity index (χ2v) is 5.91. The molecule has 0 aliphatic carbocycles. The molecule has 0 spiro atoms. The van der Waals surface area contributed by atoms with Crippen molar-refractivity contribution >= 4 is 16.7 Å². The van der Waals surface area contributed by atoms with Crippen LogP contribution in [0.5, 0.6) is 5.75 Å². The van der Waals surface area contributed by atoms with Gasteiger partial charge in [0.1, 0.15) is 5.75 Å². The van der Waals surface area contributed by atoms with Crippen molar-refractivity contribution in [3.63, 3.8) is 0 Å². The molecule has 0 atom stereocenters. The molecule has 1 aliphatic rings. The Bertz CT molecular complexity index is 643. The summed E-state index contributed by atoms with van der Waals surface area (Å²) in [6, 6.07) is 14.2. The highest BCUT2D eigenvalue weighted by Crippen LogP contribution is 2.24. The molecule has 3 rings (SSSR count). The van der Waals surface area contributed by atoms with Gasteiger partial charge in [0.15, 0.2) is 6.61 Å².